The molecule has 1 aromatic heterocycles. The number of nitrogen functional groups attached to an aromatic ring is 1. The molecule has 1 aliphatic heterocycles. The highest BCUT2D eigenvalue weighted by Gasteiger charge is 2.27. The molecule has 2 atom stereocenters. The van der Waals surface area contributed by atoms with Crippen molar-refractivity contribution in [3.05, 3.63) is 11.9 Å². The zero-order valence-corrected chi connectivity index (χ0v) is 11.6. The Morgan fingerprint density at radius 2 is 2.37 bits per heavy atom. The van der Waals surface area contributed by atoms with Crippen molar-refractivity contribution in [3.8, 4) is 0 Å². The molecule has 6 nitrogen and oxygen atoms in total. The van der Waals surface area contributed by atoms with Crippen LogP contribution < -0.4 is 16.2 Å². The number of aryl methyl sites for hydroxylation is 1. The van der Waals surface area contributed by atoms with E-state index in [2.05, 4.69) is 27.2 Å². The standard InChI is InChI=1S/C13H23N5O/c1-3-4-11-15-12(17-14)7-13(16-11)18-6-5-10(8-18)9(2)19/h7,9-10,19H,3-6,8,14H2,1-2H3,(H,15,16,17). The molecular weight excluding hydrogens is 242 g/mol. The summed E-state index contributed by atoms with van der Waals surface area (Å²) < 4.78 is 0. The SMILES string of the molecule is CCCc1nc(NN)cc(N2CCC(C(C)O)C2)n1. The second kappa shape index (κ2) is 6.16. The number of aliphatic hydroxyl groups excluding tert-OH is 1. The molecule has 19 heavy (non-hydrogen) atoms. The van der Waals surface area contributed by atoms with Crippen LogP contribution >= 0.6 is 0 Å². The normalized spacial score (nSPS) is 20.6. The van der Waals surface area contributed by atoms with Gasteiger partial charge in [-0.2, -0.15) is 0 Å². The first-order chi connectivity index (χ1) is 9.13. The number of anilines is 2. The van der Waals surface area contributed by atoms with Crippen LogP contribution in [-0.2, 0) is 6.42 Å². The molecule has 0 amide bonds. The third kappa shape index (κ3) is 3.33. The van der Waals surface area contributed by atoms with Gasteiger partial charge in [-0.1, -0.05) is 6.92 Å². The predicted molar refractivity (Wildman–Crippen MR) is 75.8 cm³/mol. The highest BCUT2D eigenvalue weighted by atomic mass is 16.3. The summed E-state index contributed by atoms with van der Waals surface area (Å²) in [6.45, 7) is 5.71. The Balaban J connectivity index is 2.17. The van der Waals surface area contributed by atoms with E-state index in [4.69, 9.17) is 5.84 Å². The number of hydrazine groups is 1. The van der Waals surface area contributed by atoms with Crippen molar-refractivity contribution in [1.82, 2.24) is 9.97 Å². The van der Waals surface area contributed by atoms with E-state index >= 15 is 0 Å². The average Bonchev–Trinajstić information content (AvgIpc) is 2.88. The lowest BCUT2D eigenvalue weighted by atomic mass is 10.0. The van der Waals surface area contributed by atoms with Gasteiger partial charge in [0.1, 0.15) is 17.5 Å². The molecule has 106 valence electrons. The van der Waals surface area contributed by atoms with Crippen LogP contribution in [0.2, 0.25) is 0 Å². The summed E-state index contributed by atoms with van der Waals surface area (Å²) >= 11 is 0. The minimum absolute atomic E-state index is 0.269. The van der Waals surface area contributed by atoms with Crippen molar-refractivity contribution in [2.24, 2.45) is 11.8 Å². The maximum Gasteiger partial charge on any atom is 0.145 e. The molecule has 0 aliphatic carbocycles. The fourth-order valence-electron chi connectivity index (χ4n) is 2.44. The van der Waals surface area contributed by atoms with E-state index in [-0.39, 0.29) is 6.10 Å². The van der Waals surface area contributed by atoms with Crippen LogP contribution in [-0.4, -0.2) is 34.3 Å². The van der Waals surface area contributed by atoms with Gasteiger partial charge in [0.2, 0.25) is 0 Å². The van der Waals surface area contributed by atoms with Crippen molar-refractivity contribution in [2.75, 3.05) is 23.4 Å². The zero-order chi connectivity index (χ0) is 13.8. The summed E-state index contributed by atoms with van der Waals surface area (Å²) in [5.41, 5.74) is 2.60. The van der Waals surface area contributed by atoms with Gasteiger partial charge >= 0.3 is 0 Å². The van der Waals surface area contributed by atoms with Gasteiger partial charge < -0.3 is 15.4 Å². The molecule has 2 unspecified atom stereocenters. The summed E-state index contributed by atoms with van der Waals surface area (Å²) in [6, 6.07) is 1.86. The maximum atomic E-state index is 9.66. The number of nitrogens with one attached hydrogen (secondary N) is 1. The average molecular weight is 265 g/mol. The third-order valence-corrected chi connectivity index (χ3v) is 3.61. The van der Waals surface area contributed by atoms with Crippen LogP contribution in [0.3, 0.4) is 0 Å². The largest absolute Gasteiger partial charge is 0.393 e. The molecule has 0 radical (unpaired) electrons. The number of hydrogen-bond donors (Lipinski definition) is 3. The summed E-state index contributed by atoms with van der Waals surface area (Å²) in [7, 11) is 0. The molecule has 2 heterocycles. The Hall–Kier alpha value is -1.40. The van der Waals surface area contributed by atoms with Gasteiger partial charge in [0.15, 0.2) is 0 Å². The van der Waals surface area contributed by atoms with Crippen molar-refractivity contribution in [3.63, 3.8) is 0 Å². The molecule has 0 spiro atoms. The third-order valence-electron chi connectivity index (χ3n) is 3.61. The van der Waals surface area contributed by atoms with Gasteiger partial charge in [0.05, 0.1) is 6.10 Å². The van der Waals surface area contributed by atoms with E-state index in [1.54, 1.807) is 0 Å². The molecule has 0 aromatic carbocycles. The molecule has 6 heteroatoms. The maximum absolute atomic E-state index is 9.66. The molecule has 1 saturated heterocycles. The lowest BCUT2D eigenvalue weighted by Gasteiger charge is -2.19. The first-order valence-corrected chi connectivity index (χ1v) is 6.91. The van der Waals surface area contributed by atoms with Crippen molar-refractivity contribution in [1.29, 1.82) is 0 Å². The minimum Gasteiger partial charge on any atom is -0.393 e. The summed E-state index contributed by atoms with van der Waals surface area (Å²) in [5.74, 6) is 8.14. The Morgan fingerprint density at radius 3 is 2.95 bits per heavy atom. The van der Waals surface area contributed by atoms with E-state index in [0.29, 0.717) is 11.7 Å². The Labute approximate surface area is 114 Å². The quantitative estimate of drug-likeness (QED) is 0.542. The van der Waals surface area contributed by atoms with Crippen LogP contribution in [0.25, 0.3) is 0 Å². The number of aromatic nitrogens is 2. The number of nitrogens with zero attached hydrogens (tertiary/aromatic N) is 3. The molecule has 4 N–H and O–H groups in total. The van der Waals surface area contributed by atoms with Crippen LogP contribution in [0.4, 0.5) is 11.6 Å². The number of hydrogen-bond acceptors (Lipinski definition) is 6. The highest BCUT2D eigenvalue weighted by Crippen LogP contribution is 2.25. The van der Waals surface area contributed by atoms with Gasteiger partial charge in [-0.25, -0.2) is 15.8 Å². The minimum atomic E-state index is -0.269. The Kier molecular flexibility index (Phi) is 4.55. The molecule has 1 aromatic rings. The van der Waals surface area contributed by atoms with Crippen molar-refractivity contribution in [2.45, 2.75) is 39.2 Å². The van der Waals surface area contributed by atoms with E-state index in [1.165, 1.54) is 0 Å². The van der Waals surface area contributed by atoms with Crippen molar-refractivity contribution >= 4 is 11.6 Å². The predicted octanol–water partition coefficient (Wildman–Crippen LogP) is 0.922. The van der Waals surface area contributed by atoms with Gasteiger partial charge in [-0.05, 0) is 19.8 Å². The van der Waals surface area contributed by atoms with Gasteiger partial charge in [-0.3, -0.25) is 0 Å². The molecule has 2 rings (SSSR count). The zero-order valence-electron chi connectivity index (χ0n) is 11.6. The number of rotatable bonds is 5. The van der Waals surface area contributed by atoms with Crippen molar-refractivity contribution < 1.29 is 5.11 Å². The van der Waals surface area contributed by atoms with E-state index in [0.717, 1.165) is 44.0 Å². The molecule has 1 fully saturated rings. The fraction of sp³-hybridized carbons (Fsp3) is 0.692. The van der Waals surface area contributed by atoms with E-state index in [1.807, 2.05) is 13.0 Å². The van der Waals surface area contributed by atoms with Crippen LogP contribution in [0.1, 0.15) is 32.5 Å². The molecule has 1 aliphatic rings. The van der Waals surface area contributed by atoms with Gasteiger partial charge in [0, 0.05) is 31.5 Å². The van der Waals surface area contributed by atoms with Gasteiger partial charge in [-0.15, -0.1) is 0 Å². The van der Waals surface area contributed by atoms with Gasteiger partial charge in [0.25, 0.3) is 0 Å². The molecular formula is C13H23N5O. The van der Waals surface area contributed by atoms with E-state index in [9.17, 15) is 5.11 Å². The highest BCUT2D eigenvalue weighted by molar-refractivity contribution is 5.49. The fourth-order valence-corrected chi connectivity index (χ4v) is 2.44. The van der Waals surface area contributed by atoms with Crippen LogP contribution in [0, 0.1) is 5.92 Å². The van der Waals surface area contributed by atoms with Crippen LogP contribution in [0.5, 0.6) is 0 Å². The van der Waals surface area contributed by atoms with E-state index < -0.39 is 0 Å². The second-order valence-corrected chi connectivity index (χ2v) is 5.16. The second-order valence-electron chi connectivity index (χ2n) is 5.16. The Morgan fingerprint density at radius 1 is 1.58 bits per heavy atom. The smallest absolute Gasteiger partial charge is 0.145 e. The lowest BCUT2D eigenvalue weighted by Crippen LogP contribution is -2.25. The number of nitrogens with two attached hydrogens (primary N) is 1. The topological polar surface area (TPSA) is 87.3 Å². The molecule has 0 saturated carbocycles. The monoisotopic (exact) mass is 265 g/mol. The van der Waals surface area contributed by atoms with Crippen LogP contribution in [0.15, 0.2) is 6.07 Å². The lowest BCUT2D eigenvalue weighted by molar-refractivity contribution is 0.136. The molecule has 0 bridgehead atoms. The number of aliphatic hydroxyl groups is 1. The summed E-state index contributed by atoms with van der Waals surface area (Å²) in [4.78, 5) is 11.1. The first-order valence-electron chi connectivity index (χ1n) is 6.91. The first kappa shape index (κ1) is 14.0. The summed E-state index contributed by atoms with van der Waals surface area (Å²) in [6.07, 6.45) is 2.57. The summed E-state index contributed by atoms with van der Waals surface area (Å²) in [5, 5.41) is 9.66. The Bertz CT molecular complexity index is 423.